The molecule has 0 amide bonds. The Hall–Kier alpha value is 0.140. The molecule has 0 aliphatic rings. The molecule has 0 saturated carbocycles. The van der Waals surface area contributed by atoms with Gasteiger partial charge >= 0.3 is 0 Å². The summed E-state index contributed by atoms with van der Waals surface area (Å²) in [6.07, 6.45) is -1.19. The highest BCUT2D eigenvalue weighted by Gasteiger charge is 2.09. The van der Waals surface area contributed by atoms with Gasteiger partial charge in [-0.1, -0.05) is 0 Å². The predicted molar refractivity (Wildman–Crippen MR) is 32.4 cm³/mol. The van der Waals surface area contributed by atoms with Gasteiger partial charge in [-0.15, -0.1) is 11.6 Å². The number of hydrogen-bond donors (Lipinski definition) is 2. The first kappa shape index (κ1) is 8.14. The summed E-state index contributed by atoms with van der Waals surface area (Å²) in [5.41, 5.74) is 4.96. The average Bonchev–Trinajstić information content (AvgIpc) is 1.67. The van der Waals surface area contributed by atoms with E-state index in [0.29, 0.717) is 0 Å². The Morgan fingerprint density at radius 2 is 2.38 bits per heavy atom. The van der Waals surface area contributed by atoms with Crippen molar-refractivity contribution in [2.45, 2.75) is 18.6 Å². The fourth-order valence-corrected chi connectivity index (χ4v) is 0.364. The predicted octanol–water partition coefficient (Wildman–Crippen LogP) is 0.415. The maximum atomic E-state index is 12.2. The Bertz CT molecular complexity index is 60.0. The third-order valence-corrected chi connectivity index (χ3v) is 0.937. The van der Waals surface area contributed by atoms with Crippen molar-refractivity contribution in [2.75, 3.05) is 6.67 Å². The highest BCUT2D eigenvalue weighted by molar-refractivity contribution is 6.20. The summed E-state index contributed by atoms with van der Waals surface area (Å²) in [6.45, 7) is 1.69. The quantitative estimate of drug-likeness (QED) is 0.339. The van der Waals surface area contributed by atoms with Crippen LogP contribution in [0, 0.1) is 0 Å². The Kier molecular flexibility index (Phi) is 4.13. The molecule has 0 aliphatic carbocycles. The topological polar surface area (TPSA) is 38.0 Å². The molecule has 0 saturated heterocycles. The van der Waals surface area contributed by atoms with Crippen LogP contribution < -0.4 is 11.1 Å². The Morgan fingerprint density at radius 1 is 1.88 bits per heavy atom. The van der Waals surface area contributed by atoms with Gasteiger partial charge in [0.2, 0.25) is 0 Å². The Labute approximate surface area is 53.2 Å². The molecule has 0 aromatic heterocycles. The van der Waals surface area contributed by atoms with Gasteiger partial charge in [-0.05, 0) is 6.92 Å². The van der Waals surface area contributed by atoms with Crippen LogP contribution in [0.5, 0.6) is 0 Å². The molecule has 2 atom stereocenters. The highest BCUT2D eigenvalue weighted by atomic mass is 35.5. The minimum Gasteiger partial charge on any atom is -0.318 e. The molecule has 0 fully saturated rings. The zero-order valence-electron chi connectivity index (χ0n) is 4.70. The molecule has 0 aromatic rings. The second-order valence-electron chi connectivity index (χ2n) is 1.49. The molecular formula is C4H10ClFN2. The summed E-state index contributed by atoms with van der Waals surface area (Å²) in [7, 11) is 0. The van der Waals surface area contributed by atoms with Crippen LogP contribution in [0.2, 0.25) is 0 Å². The monoisotopic (exact) mass is 140 g/mol. The molecule has 1 unspecified atom stereocenters. The van der Waals surface area contributed by atoms with Crippen molar-refractivity contribution < 1.29 is 4.39 Å². The van der Waals surface area contributed by atoms with Gasteiger partial charge in [0, 0.05) is 6.67 Å². The zero-order chi connectivity index (χ0) is 6.57. The molecular weight excluding hydrogens is 131 g/mol. The third-order valence-electron chi connectivity index (χ3n) is 0.716. The first-order valence-corrected chi connectivity index (χ1v) is 2.83. The van der Waals surface area contributed by atoms with Crippen LogP contribution >= 0.6 is 11.6 Å². The lowest BCUT2D eigenvalue weighted by molar-refractivity contribution is 0.273. The number of nitrogens with two attached hydrogens (primary N) is 1. The zero-order valence-corrected chi connectivity index (χ0v) is 5.45. The van der Waals surface area contributed by atoms with Crippen molar-refractivity contribution >= 4 is 11.6 Å². The van der Waals surface area contributed by atoms with Crippen molar-refractivity contribution in [2.24, 2.45) is 5.73 Å². The molecule has 2 nitrogen and oxygen atoms in total. The van der Waals surface area contributed by atoms with E-state index >= 15 is 0 Å². The van der Waals surface area contributed by atoms with E-state index in [4.69, 9.17) is 17.3 Å². The van der Waals surface area contributed by atoms with Gasteiger partial charge in [0.05, 0.1) is 5.38 Å². The summed E-state index contributed by atoms with van der Waals surface area (Å²) in [4.78, 5) is 0. The normalized spacial score (nSPS) is 18.0. The van der Waals surface area contributed by atoms with Crippen LogP contribution in [0.1, 0.15) is 6.92 Å². The Balaban J connectivity index is 3.17. The van der Waals surface area contributed by atoms with Crippen LogP contribution in [0.15, 0.2) is 0 Å². The molecule has 0 aromatic carbocycles. The first-order chi connectivity index (χ1) is 3.68. The van der Waals surface area contributed by atoms with Gasteiger partial charge in [0.1, 0.15) is 0 Å². The standard InChI is InChI=1S/C4H10ClFN2/c1-3(5)4(6)8-2-7/h3-4,8H,2,7H2,1H3/t3?,4-/m1/s1. The van der Waals surface area contributed by atoms with Crippen molar-refractivity contribution in [1.29, 1.82) is 0 Å². The summed E-state index contributed by atoms with van der Waals surface area (Å²) < 4.78 is 12.2. The maximum absolute atomic E-state index is 12.2. The van der Waals surface area contributed by atoms with E-state index in [-0.39, 0.29) is 6.67 Å². The van der Waals surface area contributed by atoms with E-state index in [9.17, 15) is 4.39 Å². The smallest absolute Gasteiger partial charge is 0.168 e. The highest BCUT2D eigenvalue weighted by Crippen LogP contribution is 2.00. The van der Waals surface area contributed by atoms with Gasteiger partial charge in [-0.2, -0.15) is 0 Å². The van der Waals surface area contributed by atoms with E-state index in [1.807, 2.05) is 0 Å². The third kappa shape index (κ3) is 3.18. The van der Waals surface area contributed by atoms with Gasteiger partial charge < -0.3 is 5.73 Å². The van der Waals surface area contributed by atoms with E-state index in [0.717, 1.165) is 0 Å². The summed E-state index contributed by atoms with van der Waals surface area (Å²) in [5.74, 6) is 0. The lowest BCUT2D eigenvalue weighted by Crippen LogP contribution is -2.35. The van der Waals surface area contributed by atoms with Crippen molar-refractivity contribution in [3.63, 3.8) is 0 Å². The summed E-state index contributed by atoms with van der Waals surface area (Å²) in [6, 6.07) is 0. The number of hydrogen-bond acceptors (Lipinski definition) is 2. The number of alkyl halides is 2. The fraction of sp³-hybridized carbons (Fsp3) is 1.00. The number of nitrogens with one attached hydrogen (secondary N) is 1. The SMILES string of the molecule is CC(Cl)[C@H](F)NCN. The van der Waals surface area contributed by atoms with E-state index < -0.39 is 11.7 Å². The molecule has 0 radical (unpaired) electrons. The molecule has 4 heteroatoms. The van der Waals surface area contributed by atoms with E-state index in [1.54, 1.807) is 6.92 Å². The molecule has 8 heavy (non-hydrogen) atoms. The summed E-state index contributed by atoms with van der Waals surface area (Å²) in [5, 5.41) is 1.81. The molecule has 0 spiro atoms. The van der Waals surface area contributed by atoms with Gasteiger partial charge in [-0.3, -0.25) is 5.32 Å². The lowest BCUT2D eigenvalue weighted by Gasteiger charge is -2.08. The van der Waals surface area contributed by atoms with E-state index in [2.05, 4.69) is 5.32 Å². The summed E-state index contributed by atoms with van der Waals surface area (Å²) >= 11 is 5.31. The number of halogens is 2. The van der Waals surface area contributed by atoms with Crippen LogP contribution in [-0.2, 0) is 0 Å². The Morgan fingerprint density at radius 3 is 2.50 bits per heavy atom. The number of rotatable bonds is 3. The van der Waals surface area contributed by atoms with Crippen LogP contribution in [0.25, 0.3) is 0 Å². The molecule has 50 valence electrons. The average molecular weight is 141 g/mol. The van der Waals surface area contributed by atoms with Crippen LogP contribution in [-0.4, -0.2) is 18.3 Å². The molecule has 3 N–H and O–H groups in total. The minimum atomic E-state index is -1.19. The van der Waals surface area contributed by atoms with Crippen molar-refractivity contribution in [3.8, 4) is 0 Å². The van der Waals surface area contributed by atoms with Crippen LogP contribution in [0.3, 0.4) is 0 Å². The van der Waals surface area contributed by atoms with Gasteiger partial charge in [0.15, 0.2) is 6.30 Å². The van der Waals surface area contributed by atoms with Crippen molar-refractivity contribution in [3.05, 3.63) is 0 Å². The fourth-order valence-electron chi connectivity index (χ4n) is 0.275. The molecule has 0 rings (SSSR count). The van der Waals surface area contributed by atoms with Gasteiger partial charge in [-0.25, -0.2) is 4.39 Å². The molecule has 0 aliphatic heterocycles. The van der Waals surface area contributed by atoms with E-state index in [1.165, 1.54) is 0 Å². The van der Waals surface area contributed by atoms with Crippen molar-refractivity contribution in [1.82, 2.24) is 5.32 Å². The minimum absolute atomic E-state index is 0.123. The lowest BCUT2D eigenvalue weighted by atomic mass is 10.4. The first-order valence-electron chi connectivity index (χ1n) is 2.40. The second kappa shape index (κ2) is 4.06. The van der Waals surface area contributed by atoms with Gasteiger partial charge in [0.25, 0.3) is 0 Å². The second-order valence-corrected chi connectivity index (χ2v) is 2.18. The molecule has 0 heterocycles. The molecule has 0 bridgehead atoms. The largest absolute Gasteiger partial charge is 0.318 e. The maximum Gasteiger partial charge on any atom is 0.168 e. The van der Waals surface area contributed by atoms with Crippen LogP contribution in [0.4, 0.5) is 4.39 Å².